The lowest BCUT2D eigenvalue weighted by molar-refractivity contribution is 0.340. The van der Waals surface area contributed by atoms with Gasteiger partial charge in [-0.1, -0.05) is 0 Å². The van der Waals surface area contributed by atoms with Crippen LogP contribution in [0.3, 0.4) is 0 Å². The molecule has 3 aromatic rings. The summed E-state index contributed by atoms with van der Waals surface area (Å²) in [7, 11) is -6.20. The zero-order chi connectivity index (χ0) is 23.4. The molecule has 3 aromatic carbocycles. The van der Waals surface area contributed by atoms with Crippen molar-refractivity contribution < 1.29 is 26.3 Å². The van der Waals surface area contributed by atoms with Gasteiger partial charge in [0.2, 0.25) is 0 Å². The van der Waals surface area contributed by atoms with Crippen LogP contribution in [0.5, 0.6) is 11.5 Å². The first kappa shape index (κ1) is 24.1. The van der Waals surface area contributed by atoms with E-state index in [9.17, 15) is 16.8 Å². The summed E-state index contributed by atoms with van der Waals surface area (Å²) in [6.45, 7) is 2.37. The second kappa shape index (κ2) is 9.96. The van der Waals surface area contributed by atoms with Crippen LogP contribution >= 0.6 is 22.6 Å². The highest BCUT2D eigenvalue weighted by molar-refractivity contribution is 14.1. The van der Waals surface area contributed by atoms with Gasteiger partial charge in [-0.25, -0.2) is 16.8 Å². The Hall–Kier alpha value is -2.51. The molecule has 0 amide bonds. The minimum Gasteiger partial charge on any atom is -0.496 e. The molecule has 0 saturated heterocycles. The Kier molecular flexibility index (Phi) is 7.51. The van der Waals surface area contributed by atoms with Crippen molar-refractivity contribution in [2.45, 2.75) is 16.7 Å². The number of nitrogens with one attached hydrogen (secondary N) is 2. The molecule has 32 heavy (non-hydrogen) atoms. The molecule has 0 saturated carbocycles. The lowest BCUT2D eigenvalue weighted by atomic mass is 10.3. The third-order valence-corrected chi connectivity index (χ3v) is 7.89. The molecule has 0 fully saturated rings. The molecule has 3 rings (SSSR count). The van der Waals surface area contributed by atoms with Crippen molar-refractivity contribution >= 4 is 54.0 Å². The molecule has 0 aliphatic rings. The molecule has 0 spiro atoms. The van der Waals surface area contributed by atoms with E-state index in [0.29, 0.717) is 27.4 Å². The molecule has 0 aliphatic heterocycles. The maximum absolute atomic E-state index is 12.7. The average molecular weight is 588 g/mol. The number of methoxy groups -OCH3 is 1. The maximum Gasteiger partial charge on any atom is 0.261 e. The van der Waals surface area contributed by atoms with Crippen LogP contribution in [0.15, 0.2) is 76.5 Å². The standard InChI is InChI=1S/C21H21IN2O6S2/c1-3-30-17-8-4-15(5-9-17)23-31(25,26)18-10-6-16(7-11-18)24-32(27,28)19-12-13-21(29-2)20(22)14-19/h4-14,23-24H,3H2,1-2H3. The van der Waals surface area contributed by atoms with Gasteiger partial charge in [-0.3, -0.25) is 9.44 Å². The minimum absolute atomic E-state index is 0.00618. The highest BCUT2D eigenvalue weighted by Gasteiger charge is 2.18. The quantitative estimate of drug-likeness (QED) is 0.361. The first-order valence-corrected chi connectivity index (χ1v) is 13.4. The van der Waals surface area contributed by atoms with E-state index in [1.165, 1.54) is 43.5 Å². The Morgan fingerprint density at radius 2 is 1.28 bits per heavy atom. The van der Waals surface area contributed by atoms with Crippen LogP contribution in [0, 0.1) is 3.57 Å². The van der Waals surface area contributed by atoms with Gasteiger partial charge in [-0.2, -0.15) is 0 Å². The number of sulfonamides is 2. The molecule has 0 atom stereocenters. The van der Waals surface area contributed by atoms with Crippen LogP contribution in [-0.2, 0) is 20.0 Å². The monoisotopic (exact) mass is 588 g/mol. The maximum atomic E-state index is 12.7. The topological polar surface area (TPSA) is 111 Å². The summed E-state index contributed by atoms with van der Waals surface area (Å²) < 4.78 is 66.6. The van der Waals surface area contributed by atoms with Crippen molar-refractivity contribution in [2.24, 2.45) is 0 Å². The lowest BCUT2D eigenvalue weighted by Gasteiger charge is -2.12. The van der Waals surface area contributed by atoms with Gasteiger partial charge < -0.3 is 9.47 Å². The number of rotatable bonds is 9. The molecule has 0 unspecified atom stereocenters. The number of ether oxygens (including phenoxy) is 2. The molecule has 0 bridgehead atoms. The summed E-state index contributed by atoms with van der Waals surface area (Å²) in [5.41, 5.74) is 0.614. The number of hydrogen-bond acceptors (Lipinski definition) is 6. The molecule has 11 heteroatoms. The molecule has 170 valence electrons. The second-order valence-electron chi connectivity index (χ2n) is 6.49. The van der Waals surface area contributed by atoms with E-state index < -0.39 is 20.0 Å². The fourth-order valence-corrected chi connectivity index (χ4v) is 5.82. The van der Waals surface area contributed by atoms with Gasteiger partial charge >= 0.3 is 0 Å². The van der Waals surface area contributed by atoms with Gasteiger partial charge in [0.05, 0.1) is 27.1 Å². The van der Waals surface area contributed by atoms with E-state index >= 15 is 0 Å². The van der Waals surface area contributed by atoms with Crippen LogP contribution in [-0.4, -0.2) is 30.6 Å². The van der Waals surface area contributed by atoms with E-state index in [1.54, 1.807) is 30.3 Å². The molecular weight excluding hydrogens is 567 g/mol. The van der Waals surface area contributed by atoms with Crippen molar-refractivity contribution in [1.82, 2.24) is 0 Å². The first-order chi connectivity index (χ1) is 15.1. The Morgan fingerprint density at radius 3 is 1.78 bits per heavy atom. The Morgan fingerprint density at radius 1 is 0.781 bits per heavy atom. The van der Waals surface area contributed by atoms with Crippen LogP contribution in [0.25, 0.3) is 0 Å². The Labute approximate surface area is 201 Å². The number of halogens is 1. The molecule has 0 aromatic heterocycles. The summed E-state index contributed by atoms with van der Waals surface area (Å²) in [5, 5.41) is 0. The zero-order valence-electron chi connectivity index (χ0n) is 17.2. The summed E-state index contributed by atoms with van der Waals surface area (Å²) >= 11 is 1.99. The highest BCUT2D eigenvalue weighted by atomic mass is 127. The van der Waals surface area contributed by atoms with Gasteiger partial charge in [0.25, 0.3) is 20.0 Å². The average Bonchev–Trinajstić information content (AvgIpc) is 2.75. The smallest absolute Gasteiger partial charge is 0.261 e. The van der Waals surface area contributed by atoms with Gasteiger partial charge in [-0.15, -0.1) is 0 Å². The summed E-state index contributed by atoms with van der Waals surface area (Å²) in [6, 6.07) is 16.4. The third kappa shape index (κ3) is 5.84. The summed E-state index contributed by atoms with van der Waals surface area (Å²) in [6.07, 6.45) is 0. The molecular formula is C21H21IN2O6S2. The lowest BCUT2D eigenvalue weighted by Crippen LogP contribution is -2.15. The zero-order valence-corrected chi connectivity index (χ0v) is 21.0. The Balaban J connectivity index is 1.74. The summed E-state index contributed by atoms with van der Waals surface area (Å²) in [4.78, 5) is 0.0601. The number of hydrogen-bond donors (Lipinski definition) is 2. The number of anilines is 2. The fraction of sp³-hybridized carbons (Fsp3) is 0.143. The van der Waals surface area contributed by atoms with Crippen LogP contribution in [0.4, 0.5) is 11.4 Å². The van der Waals surface area contributed by atoms with Crippen molar-refractivity contribution in [2.75, 3.05) is 23.2 Å². The van der Waals surface area contributed by atoms with Gasteiger partial charge in [0, 0.05) is 11.4 Å². The van der Waals surface area contributed by atoms with Crippen LogP contribution in [0.1, 0.15) is 6.92 Å². The predicted octanol–water partition coefficient (Wildman–Crippen LogP) is 4.30. The van der Waals surface area contributed by atoms with Gasteiger partial charge in [0.15, 0.2) is 0 Å². The summed E-state index contributed by atoms with van der Waals surface area (Å²) in [5.74, 6) is 1.21. The first-order valence-electron chi connectivity index (χ1n) is 9.37. The fourth-order valence-electron chi connectivity index (χ4n) is 2.73. The van der Waals surface area contributed by atoms with E-state index in [-0.39, 0.29) is 15.5 Å². The van der Waals surface area contributed by atoms with E-state index in [0.717, 1.165) is 0 Å². The van der Waals surface area contributed by atoms with E-state index in [4.69, 9.17) is 9.47 Å². The van der Waals surface area contributed by atoms with E-state index in [1.807, 2.05) is 29.5 Å². The minimum atomic E-state index is -3.85. The SMILES string of the molecule is CCOc1ccc(NS(=O)(=O)c2ccc(NS(=O)(=O)c3ccc(OC)c(I)c3)cc2)cc1. The highest BCUT2D eigenvalue weighted by Crippen LogP contribution is 2.26. The van der Waals surface area contributed by atoms with Crippen LogP contribution < -0.4 is 18.9 Å². The molecule has 8 nitrogen and oxygen atoms in total. The largest absolute Gasteiger partial charge is 0.496 e. The molecule has 2 N–H and O–H groups in total. The molecule has 0 heterocycles. The third-order valence-electron chi connectivity index (χ3n) is 4.27. The predicted molar refractivity (Wildman–Crippen MR) is 131 cm³/mol. The van der Waals surface area contributed by atoms with Gasteiger partial charge in [-0.05, 0) is 96.2 Å². The molecule has 0 radical (unpaired) electrons. The second-order valence-corrected chi connectivity index (χ2v) is 11.0. The molecule has 0 aliphatic carbocycles. The normalized spacial score (nSPS) is 11.6. The van der Waals surface area contributed by atoms with Crippen LogP contribution in [0.2, 0.25) is 0 Å². The van der Waals surface area contributed by atoms with Crippen molar-refractivity contribution in [3.8, 4) is 11.5 Å². The van der Waals surface area contributed by atoms with Crippen molar-refractivity contribution in [3.05, 3.63) is 70.3 Å². The van der Waals surface area contributed by atoms with Crippen molar-refractivity contribution in [1.29, 1.82) is 0 Å². The number of benzene rings is 3. The van der Waals surface area contributed by atoms with E-state index in [2.05, 4.69) is 9.44 Å². The Bertz CT molecular complexity index is 1290. The van der Waals surface area contributed by atoms with Gasteiger partial charge in [0.1, 0.15) is 11.5 Å². The van der Waals surface area contributed by atoms with Crippen molar-refractivity contribution in [3.63, 3.8) is 0 Å².